The molecule has 0 fully saturated rings. The third kappa shape index (κ3) is 5.00. The maximum atomic E-state index is 11.1. The minimum atomic E-state index is -0.776. The van der Waals surface area contributed by atoms with Crippen LogP contribution in [0.15, 0.2) is 42.6 Å². The monoisotopic (exact) mass is 331 g/mol. The molecule has 0 saturated heterocycles. The summed E-state index contributed by atoms with van der Waals surface area (Å²) in [6.07, 6.45) is 0.790. The van der Waals surface area contributed by atoms with Crippen LogP contribution < -0.4 is 4.90 Å². The standard InChI is InChI=1S/C17H21N3O4/c1-13-8-16(20(22)23)17(18-9-13)19(2)10-15(21)12-24-11-14-6-4-3-5-7-14/h3-9,15,21H,10-12H2,1-2H3. The number of hydrogen-bond acceptors (Lipinski definition) is 6. The van der Waals surface area contributed by atoms with Crippen molar-refractivity contribution in [1.29, 1.82) is 0 Å². The van der Waals surface area contributed by atoms with E-state index in [-0.39, 0.29) is 24.7 Å². The highest BCUT2D eigenvalue weighted by molar-refractivity contribution is 5.58. The van der Waals surface area contributed by atoms with Crippen molar-refractivity contribution >= 4 is 11.5 Å². The number of nitro groups is 1. The molecule has 1 heterocycles. The molecule has 1 aromatic carbocycles. The summed E-state index contributed by atoms with van der Waals surface area (Å²) in [5, 5.41) is 21.2. The fourth-order valence-corrected chi connectivity index (χ4v) is 2.32. The Balaban J connectivity index is 1.89. The zero-order valence-electron chi connectivity index (χ0n) is 13.8. The number of pyridine rings is 1. The lowest BCUT2D eigenvalue weighted by Crippen LogP contribution is -2.33. The van der Waals surface area contributed by atoms with Gasteiger partial charge in [-0.05, 0) is 18.1 Å². The van der Waals surface area contributed by atoms with Gasteiger partial charge in [0.2, 0.25) is 5.82 Å². The Morgan fingerprint density at radius 3 is 2.75 bits per heavy atom. The summed E-state index contributed by atoms with van der Waals surface area (Å²) in [5.74, 6) is 0.229. The number of aliphatic hydroxyl groups excluding tert-OH is 1. The molecule has 0 aliphatic carbocycles. The Bertz CT molecular complexity index is 679. The molecule has 0 saturated carbocycles. The van der Waals surface area contributed by atoms with Gasteiger partial charge in [0.25, 0.3) is 0 Å². The van der Waals surface area contributed by atoms with Crippen LogP contribution in [0.1, 0.15) is 11.1 Å². The average molecular weight is 331 g/mol. The van der Waals surface area contributed by atoms with Gasteiger partial charge in [-0.25, -0.2) is 4.98 Å². The molecule has 128 valence electrons. The molecule has 7 heteroatoms. The molecular formula is C17H21N3O4. The first kappa shape index (κ1) is 17.8. The van der Waals surface area contributed by atoms with Crippen LogP contribution in [0.4, 0.5) is 11.5 Å². The maximum Gasteiger partial charge on any atom is 0.311 e. The van der Waals surface area contributed by atoms with E-state index in [0.29, 0.717) is 12.2 Å². The molecule has 0 radical (unpaired) electrons. The van der Waals surface area contributed by atoms with E-state index in [0.717, 1.165) is 5.56 Å². The molecule has 2 rings (SSSR count). The van der Waals surface area contributed by atoms with Crippen LogP contribution >= 0.6 is 0 Å². The van der Waals surface area contributed by atoms with E-state index in [9.17, 15) is 15.2 Å². The lowest BCUT2D eigenvalue weighted by molar-refractivity contribution is -0.384. The Kier molecular flexibility index (Phi) is 6.22. The summed E-state index contributed by atoms with van der Waals surface area (Å²) in [6.45, 7) is 2.48. The second-order valence-corrected chi connectivity index (χ2v) is 5.65. The van der Waals surface area contributed by atoms with E-state index in [1.807, 2.05) is 30.3 Å². The van der Waals surface area contributed by atoms with Crippen molar-refractivity contribution < 1.29 is 14.8 Å². The molecule has 1 N–H and O–H groups in total. The van der Waals surface area contributed by atoms with Crippen LogP contribution in [-0.2, 0) is 11.3 Å². The smallest absolute Gasteiger partial charge is 0.311 e. The number of ether oxygens (including phenoxy) is 1. The van der Waals surface area contributed by atoms with E-state index < -0.39 is 11.0 Å². The van der Waals surface area contributed by atoms with Crippen molar-refractivity contribution in [1.82, 2.24) is 4.98 Å². The molecule has 0 bridgehead atoms. The van der Waals surface area contributed by atoms with Gasteiger partial charge in [0.05, 0.1) is 24.2 Å². The highest BCUT2D eigenvalue weighted by Crippen LogP contribution is 2.25. The van der Waals surface area contributed by atoms with Crippen LogP contribution in [0.3, 0.4) is 0 Å². The Hall–Kier alpha value is -2.51. The summed E-state index contributed by atoms with van der Waals surface area (Å²) >= 11 is 0. The summed E-state index contributed by atoms with van der Waals surface area (Å²) in [5.41, 5.74) is 1.66. The molecule has 1 atom stereocenters. The SMILES string of the molecule is Cc1cnc(N(C)CC(O)COCc2ccccc2)c([N+](=O)[O-])c1. The molecule has 0 spiro atoms. The van der Waals surface area contributed by atoms with Gasteiger partial charge >= 0.3 is 5.69 Å². The number of anilines is 1. The number of hydrogen-bond donors (Lipinski definition) is 1. The zero-order valence-corrected chi connectivity index (χ0v) is 13.8. The molecule has 0 amide bonds. The van der Waals surface area contributed by atoms with E-state index in [1.54, 1.807) is 25.1 Å². The number of aryl methyl sites for hydroxylation is 1. The number of aliphatic hydroxyl groups is 1. The molecular weight excluding hydrogens is 310 g/mol. The fourth-order valence-electron chi connectivity index (χ4n) is 2.32. The van der Waals surface area contributed by atoms with Gasteiger partial charge in [0.1, 0.15) is 0 Å². The molecule has 0 aliphatic heterocycles. The van der Waals surface area contributed by atoms with Gasteiger partial charge < -0.3 is 14.7 Å². The highest BCUT2D eigenvalue weighted by Gasteiger charge is 2.20. The highest BCUT2D eigenvalue weighted by atomic mass is 16.6. The van der Waals surface area contributed by atoms with Crippen molar-refractivity contribution in [2.45, 2.75) is 19.6 Å². The predicted molar refractivity (Wildman–Crippen MR) is 91.0 cm³/mol. The van der Waals surface area contributed by atoms with E-state index in [2.05, 4.69) is 4.98 Å². The van der Waals surface area contributed by atoms with Crippen molar-refractivity contribution in [3.8, 4) is 0 Å². The van der Waals surface area contributed by atoms with Crippen molar-refractivity contribution in [2.24, 2.45) is 0 Å². The zero-order chi connectivity index (χ0) is 17.5. The third-order valence-electron chi connectivity index (χ3n) is 3.45. The Labute approximate surface area is 140 Å². The van der Waals surface area contributed by atoms with Crippen LogP contribution in [0, 0.1) is 17.0 Å². The van der Waals surface area contributed by atoms with E-state index in [1.165, 1.54) is 6.07 Å². The fraction of sp³-hybridized carbons (Fsp3) is 0.353. The van der Waals surface area contributed by atoms with E-state index >= 15 is 0 Å². The van der Waals surface area contributed by atoms with Gasteiger partial charge in [-0.2, -0.15) is 0 Å². The average Bonchev–Trinajstić information content (AvgIpc) is 2.55. The van der Waals surface area contributed by atoms with Gasteiger partial charge in [-0.3, -0.25) is 10.1 Å². The normalized spacial score (nSPS) is 12.0. The Morgan fingerprint density at radius 2 is 2.08 bits per heavy atom. The second-order valence-electron chi connectivity index (χ2n) is 5.65. The molecule has 7 nitrogen and oxygen atoms in total. The van der Waals surface area contributed by atoms with Gasteiger partial charge in [0.15, 0.2) is 0 Å². The molecule has 1 unspecified atom stereocenters. The Morgan fingerprint density at radius 1 is 1.38 bits per heavy atom. The lowest BCUT2D eigenvalue weighted by Gasteiger charge is -2.21. The van der Waals surface area contributed by atoms with Crippen LogP contribution in [-0.4, -0.2) is 41.3 Å². The number of aromatic nitrogens is 1. The van der Waals surface area contributed by atoms with Gasteiger partial charge in [-0.1, -0.05) is 30.3 Å². The van der Waals surface area contributed by atoms with Gasteiger partial charge in [0, 0.05) is 25.9 Å². The molecule has 2 aromatic rings. The predicted octanol–water partition coefficient (Wildman–Crippen LogP) is 2.31. The van der Waals surface area contributed by atoms with Crippen molar-refractivity contribution in [3.63, 3.8) is 0 Å². The first-order valence-electron chi connectivity index (χ1n) is 7.59. The van der Waals surface area contributed by atoms with Crippen molar-refractivity contribution in [3.05, 3.63) is 63.8 Å². The minimum absolute atomic E-state index is 0.0742. The van der Waals surface area contributed by atoms with Gasteiger partial charge in [-0.15, -0.1) is 0 Å². The first-order valence-corrected chi connectivity index (χ1v) is 7.59. The second kappa shape index (κ2) is 8.37. The topological polar surface area (TPSA) is 88.7 Å². The minimum Gasteiger partial charge on any atom is -0.389 e. The quantitative estimate of drug-likeness (QED) is 0.590. The maximum absolute atomic E-state index is 11.1. The molecule has 1 aromatic heterocycles. The van der Waals surface area contributed by atoms with Crippen LogP contribution in [0.5, 0.6) is 0 Å². The third-order valence-corrected chi connectivity index (χ3v) is 3.45. The number of likely N-dealkylation sites (N-methyl/N-ethyl adjacent to an activating group) is 1. The van der Waals surface area contributed by atoms with Crippen molar-refractivity contribution in [2.75, 3.05) is 25.1 Å². The van der Waals surface area contributed by atoms with Crippen LogP contribution in [0.25, 0.3) is 0 Å². The summed E-state index contributed by atoms with van der Waals surface area (Å²) < 4.78 is 5.48. The number of rotatable bonds is 8. The van der Waals surface area contributed by atoms with Crippen LogP contribution in [0.2, 0.25) is 0 Å². The first-order chi connectivity index (χ1) is 11.5. The summed E-state index contributed by atoms with van der Waals surface area (Å²) in [7, 11) is 1.66. The number of nitrogens with zero attached hydrogens (tertiary/aromatic N) is 3. The lowest BCUT2D eigenvalue weighted by atomic mass is 10.2. The molecule has 0 aliphatic rings. The molecule has 24 heavy (non-hydrogen) atoms. The summed E-state index contributed by atoms with van der Waals surface area (Å²) in [6, 6.07) is 11.1. The number of benzene rings is 1. The van der Waals surface area contributed by atoms with E-state index in [4.69, 9.17) is 4.74 Å². The summed E-state index contributed by atoms with van der Waals surface area (Å²) in [4.78, 5) is 16.4. The largest absolute Gasteiger partial charge is 0.389 e.